The summed E-state index contributed by atoms with van der Waals surface area (Å²) in [5, 5.41) is 0. The number of hydrogen-bond donors (Lipinski definition) is 0. The third-order valence-electron chi connectivity index (χ3n) is 4.58. The lowest BCUT2D eigenvalue weighted by Crippen LogP contribution is -2.30. The molecule has 2 heteroatoms. The van der Waals surface area contributed by atoms with Crippen LogP contribution in [0.15, 0.2) is 0 Å². The Morgan fingerprint density at radius 2 is 1.47 bits per heavy atom. The molecule has 0 amide bonds. The molecular weight excluding hydrogens is 212 g/mol. The van der Waals surface area contributed by atoms with Gasteiger partial charge in [0.2, 0.25) is 0 Å². The Kier molecular flexibility index (Phi) is 4.48. The molecule has 1 aliphatic heterocycles. The van der Waals surface area contributed by atoms with Crippen LogP contribution in [0.5, 0.6) is 0 Å². The molecule has 2 rings (SSSR count). The highest BCUT2D eigenvalue weighted by Gasteiger charge is 2.27. The zero-order valence-corrected chi connectivity index (χ0v) is 11.7. The third kappa shape index (κ3) is 4.26. The molecule has 0 spiro atoms. The van der Waals surface area contributed by atoms with Crippen LogP contribution in [-0.4, -0.2) is 19.5 Å². The van der Waals surface area contributed by atoms with Crippen molar-refractivity contribution in [2.75, 3.05) is 13.2 Å². The maximum atomic E-state index is 5.54. The summed E-state index contributed by atoms with van der Waals surface area (Å²) >= 11 is 0. The molecule has 1 saturated carbocycles. The van der Waals surface area contributed by atoms with Gasteiger partial charge in [0.15, 0.2) is 6.29 Å². The average Bonchev–Trinajstić information content (AvgIpc) is 2.30. The quantitative estimate of drug-likeness (QED) is 0.742. The molecule has 2 aliphatic rings. The lowest BCUT2D eigenvalue weighted by atomic mass is 9.71. The number of hydrogen-bond acceptors (Lipinski definition) is 2. The van der Waals surface area contributed by atoms with Gasteiger partial charge in [-0.25, -0.2) is 0 Å². The summed E-state index contributed by atoms with van der Waals surface area (Å²) in [6, 6.07) is 0. The largest absolute Gasteiger partial charge is 0.353 e. The summed E-state index contributed by atoms with van der Waals surface area (Å²) in [5.74, 6) is 1.60. The van der Waals surface area contributed by atoms with Crippen LogP contribution in [0.4, 0.5) is 0 Å². The Balaban J connectivity index is 1.63. The second-order valence-corrected chi connectivity index (χ2v) is 6.79. The van der Waals surface area contributed by atoms with Gasteiger partial charge in [0.1, 0.15) is 0 Å². The normalized spacial score (nSPS) is 34.8. The Morgan fingerprint density at radius 3 is 2.06 bits per heavy atom. The van der Waals surface area contributed by atoms with Crippen molar-refractivity contribution < 1.29 is 9.47 Å². The predicted octanol–water partition coefficient (Wildman–Crippen LogP) is 3.99. The Labute approximate surface area is 106 Å². The molecule has 2 nitrogen and oxygen atoms in total. The highest BCUT2D eigenvalue weighted by Crippen LogP contribution is 2.40. The predicted molar refractivity (Wildman–Crippen MR) is 69.8 cm³/mol. The van der Waals surface area contributed by atoms with E-state index in [1.54, 1.807) is 0 Å². The van der Waals surface area contributed by atoms with Gasteiger partial charge in [-0.3, -0.25) is 0 Å². The molecule has 1 saturated heterocycles. The number of ether oxygens (including phenoxy) is 2. The van der Waals surface area contributed by atoms with E-state index in [-0.39, 0.29) is 6.29 Å². The van der Waals surface area contributed by atoms with Crippen LogP contribution < -0.4 is 0 Å². The second kappa shape index (κ2) is 5.71. The van der Waals surface area contributed by atoms with E-state index in [0.717, 1.165) is 19.1 Å². The first-order chi connectivity index (χ1) is 8.05. The maximum Gasteiger partial charge on any atom is 0.154 e. The van der Waals surface area contributed by atoms with Crippen LogP contribution in [0.25, 0.3) is 0 Å². The molecule has 0 aromatic heterocycles. The molecule has 2 fully saturated rings. The minimum atomic E-state index is 0.0155. The van der Waals surface area contributed by atoms with E-state index in [1.165, 1.54) is 38.5 Å². The van der Waals surface area contributed by atoms with E-state index in [9.17, 15) is 0 Å². The molecular formula is C15H28O2. The van der Waals surface area contributed by atoms with Gasteiger partial charge in [-0.05, 0) is 50.4 Å². The fourth-order valence-corrected chi connectivity index (χ4v) is 3.03. The zero-order chi connectivity index (χ0) is 12.3. The molecule has 100 valence electrons. The van der Waals surface area contributed by atoms with Gasteiger partial charge < -0.3 is 9.47 Å². The van der Waals surface area contributed by atoms with Crippen LogP contribution >= 0.6 is 0 Å². The average molecular weight is 240 g/mol. The van der Waals surface area contributed by atoms with Crippen molar-refractivity contribution >= 4 is 0 Å². The molecule has 0 unspecified atom stereocenters. The van der Waals surface area contributed by atoms with E-state index in [2.05, 4.69) is 13.8 Å². The molecule has 0 atom stereocenters. The molecule has 17 heavy (non-hydrogen) atoms. The summed E-state index contributed by atoms with van der Waals surface area (Å²) in [5.41, 5.74) is 0.600. The third-order valence-corrected chi connectivity index (χ3v) is 4.58. The van der Waals surface area contributed by atoms with Crippen molar-refractivity contribution in [2.45, 2.75) is 65.6 Å². The molecule has 1 aliphatic carbocycles. The highest BCUT2D eigenvalue weighted by molar-refractivity contribution is 4.79. The smallest absolute Gasteiger partial charge is 0.154 e. The van der Waals surface area contributed by atoms with E-state index >= 15 is 0 Å². The van der Waals surface area contributed by atoms with E-state index in [4.69, 9.17) is 9.47 Å². The van der Waals surface area contributed by atoms with Gasteiger partial charge >= 0.3 is 0 Å². The van der Waals surface area contributed by atoms with Crippen LogP contribution in [0.3, 0.4) is 0 Å². The summed E-state index contributed by atoms with van der Waals surface area (Å²) in [7, 11) is 0. The van der Waals surface area contributed by atoms with Crippen molar-refractivity contribution in [3.05, 3.63) is 0 Å². The fraction of sp³-hybridized carbons (Fsp3) is 1.00. The first-order valence-electron chi connectivity index (χ1n) is 7.28. The van der Waals surface area contributed by atoms with Gasteiger partial charge in [0, 0.05) is 5.92 Å². The zero-order valence-electron chi connectivity index (χ0n) is 11.7. The minimum Gasteiger partial charge on any atom is -0.353 e. The first kappa shape index (κ1) is 13.4. The van der Waals surface area contributed by atoms with Crippen molar-refractivity contribution in [1.82, 2.24) is 0 Å². The summed E-state index contributed by atoms with van der Waals surface area (Å²) in [6.45, 7) is 8.61. The summed E-state index contributed by atoms with van der Waals surface area (Å²) in [4.78, 5) is 0. The summed E-state index contributed by atoms with van der Waals surface area (Å²) in [6.07, 6.45) is 8.36. The van der Waals surface area contributed by atoms with Crippen LogP contribution in [0.1, 0.15) is 59.3 Å². The van der Waals surface area contributed by atoms with Crippen molar-refractivity contribution in [2.24, 2.45) is 17.3 Å². The number of rotatable bonds is 3. The summed E-state index contributed by atoms with van der Waals surface area (Å²) < 4.78 is 11.1. The van der Waals surface area contributed by atoms with Gasteiger partial charge in [0.25, 0.3) is 0 Å². The van der Waals surface area contributed by atoms with Gasteiger partial charge in [-0.1, -0.05) is 20.3 Å². The minimum absolute atomic E-state index is 0.0155. The molecule has 0 aromatic carbocycles. The van der Waals surface area contributed by atoms with Crippen molar-refractivity contribution in [1.29, 1.82) is 0 Å². The fourth-order valence-electron chi connectivity index (χ4n) is 3.03. The van der Waals surface area contributed by atoms with E-state index in [1.807, 2.05) is 6.92 Å². The lowest BCUT2D eigenvalue weighted by Gasteiger charge is -2.35. The monoisotopic (exact) mass is 240 g/mol. The van der Waals surface area contributed by atoms with Crippen LogP contribution in [0.2, 0.25) is 0 Å². The second-order valence-electron chi connectivity index (χ2n) is 6.79. The van der Waals surface area contributed by atoms with Crippen LogP contribution in [-0.2, 0) is 9.47 Å². The standard InChI is InChI=1S/C15H28O2/c1-12-16-10-14(11-17-12)5-4-13-6-8-15(2,3)9-7-13/h12-14H,4-11H2,1-3H3. The molecule has 0 bridgehead atoms. The maximum absolute atomic E-state index is 5.54. The van der Waals surface area contributed by atoms with Crippen LogP contribution in [0, 0.1) is 17.3 Å². The van der Waals surface area contributed by atoms with E-state index in [0.29, 0.717) is 11.3 Å². The molecule has 0 N–H and O–H groups in total. The first-order valence-corrected chi connectivity index (χ1v) is 7.28. The van der Waals surface area contributed by atoms with Crippen molar-refractivity contribution in [3.63, 3.8) is 0 Å². The van der Waals surface area contributed by atoms with Gasteiger partial charge in [-0.15, -0.1) is 0 Å². The Bertz CT molecular complexity index is 219. The molecule has 0 aromatic rings. The topological polar surface area (TPSA) is 18.5 Å². The molecule has 1 heterocycles. The van der Waals surface area contributed by atoms with E-state index < -0.39 is 0 Å². The van der Waals surface area contributed by atoms with Crippen molar-refractivity contribution in [3.8, 4) is 0 Å². The SMILES string of the molecule is CC1OCC(CCC2CCC(C)(C)CC2)CO1. The lowest BCUT2D eigenvalue weighted by molar-refractivity contribution is -0.191. The van der Waals surface area contributed by atoms with Gasteiger partial charge in [0.05, 0.1) is 13.2 Å². The Hall–Kier alpha value is -0.0800. The van der Waals surface area contributed by atoms with Gasteiger partial charge in [-0.2, -0.15) is 0 Å². The Morgan fingerprint density at radius 1 is 0.941 bits per heavy atom. The highest BCUT2D eigenvalue weighted by atomic mass is 16.7. The molecule has 0 radical (unpaired) electrons.